The summed E-state index contributed by atoms with van der Waals surface area (Å²) >= 11 is 0. The summed E-state index contributed by atoms with van der Waals surface area (Å²) < 4.78 is 45.8. The van der Waals surface area contributed by atoms with E-state index in [4.69, 9.17) is 9.52 Å². The van der Waals surface area contributed by atoms with Gasteiger partial charge in [-0.15, -0.1) is 0 Å². The second-order valence-corrected chi connectivity index (χ2v) is 7.10. The number of benzene rings is 2. The van der Waals surface area contributed by atoms with Gasteiger partial charge in [-0.1, -0.05) is 54.5 Å². The lowest BCUT2D eigenvalue weighted by molar-refractivity contribution is -0.137. The number of fused-ring (bicyclic) bond motifs is 2. The summed E-state index contributed by atoms with van der Waals surface area (Å²) in [7, 11) is 0. The molecule has 156 valence electrons. The maximum absolute atomic E-state index is 13.5. The second kappa shape index (κ2) is 7.19. The number of aromatic nitrogens is 3. The molecule has 3 heterocycles. The molecule has 1 atom stereocenters. The average Bonchev–Trinajstić information content (AvgIpc) is 3.38. The van der Waals surface area contributed by atoms with Gasteiger partial charge >= 0.3 is 6.18 Å². The van der Waals surface area contributed by atoms with Crippen LogP contribution in [0, 0.1) is 0 Å². The highest BCUT2D eigenvalue weighted by Gasteiger charge is 2.34. The van der Waals surface area contributed by atoms with Crippen molar-refractivity contribution in [3.8, 4) is 11.4 Å². The van der Waals surface area contributed by atoms with E-state index in [1.165, 1.54) is 24.4 Å². The molecule has 1 unspecified atom stereocenters. The lowest BCUT2D eigenvalue weighted by Gasteiger charge is -2.13. The van der Waals surface area contributed by atoms with Gasteiger partial charge in [-0.25, -0.2) is 4.98 Å². The Kier molecular flexibility index (Phi) is 4.46. The van der Waals surface area contributed by atoms with E-state index in [-0.39, 0.29) is 29.0 Å². The Morgan fingerprint density at radius 3 is 2.52 bits per heavy atom. The normalized spacial score (nSPS) is 15.7. The first-order chi connectivity index (χ1) is 15.0. The van der Waals surface area contributed by atoms with Crippen LogP contribution in [0.4, 0.5) is 19.0 Å². The average molecular weight is 423 g/mol. The Bertz CT molecular complexity index is 1310. The Morgan fingerprint density at radius 1 is 1.00 bits per heavy atom. The van der Waals surface area contributed by atoms with Crippen molar-refractivity contribution in [2.24, 2.45) is 4.99 Å². The van der Waals surface area contributed by atoms with Crippen molar-refractivity contribution in [3.63, 3.8) is 0 Å². The van der Waals surface area contributed by atoms with E-state index in [1.807, 2.05) is 31.2 Å². The van der Waals surface area contributed by atoms with Gasteiger partial charge in [0.1, 0.15) is 17.0 Å². The number of aliphatic imine (C=N–C) groups is 1. The van der Waals surface area contributed by atoms with Gasteiger partial charge in [-0.3, -0.25) is 4.99 Å². The molecule has 6 nitrogen and oxygen atoms in total. The zero-order chi connectivity index (χ0) is 21.6. The molecular weight excluding hydrogens is 407 g/mol. The van der Waals surface area contributed by atoms with Gasteiger partial charge in [-0.2, -0.15) is 18.2 Å². The van der Waals surface area contributed by atoms with E-state index in [0.717, 1.165) is 23.6 Å². The van der Waals surface area contributed by atoms with Crippen LogP contribution in [0.3, 0.4) is 0 Å². The van der Waals surface area contributed by atoms with E-state index in [1.54, 1.807) is 0 Å². The quantitative estimate of drug-likeness (QED) is 0.462. The van der Waals surface area contributed by atoms with Crippen molar-refractivity contribution in [1.82, 2.24) is 15.1 Å². The molecule has 0 fully saturated rings. The van der Waals surface area contributed by atoms with Crippen LogP contribution in [-0.4, -0.2) is 21.0 Å². The van der Waals surface area contributed by atoms with Crippen molar-refractivity contribution >= 4 is 22.8 Å². The van der Waals surface area contributed by atoms with Crippen molar-refractivity contribution < 1.29 is 17.7 Å². The van der Waals surface area contributed by atoms with Crippen LogP contribution in [0.5, 0.6) is 0 Å². The predicted molar refractivity (Wildman–Crippen MR) is 110 cm³/mol. The van der Waals surface area contributed by atoms with Crippen molar-refractivity contribution in [2.45, 2.75) is 25.6 Å². The molecule has 2 aromatic heterocycles. The fourth-order valence-corrected chi connectivity index (χ4v) is 3.73. The minimum absolute atomic E-state index is 0.00364. The third kappa shape index (κ3) is 3.31. The molecular formula is C22H16F3N5O. The fourth-order valence-electron chi connectivity index (χ4n) is 3.73. The van der Waals surface area contributed by atoms with E-state index in [0.29, 0.717) is 11.2 Å². The topological polar surface area (TPSA) is 76.2 Å². The van der Waals surface area contributed by atoms with Crippen LogP contribution in [0.25, 0.3) is 22.5 Å². The van der Waals surface area contributed by atoms with Gasteiger partial charge < -0.3 is 9.84 Å². The Balaban J connectivity index is 1.63. The van der Waals surface area contributed by atoms with Gasteiger partial charge in [0, 0.05) is 11.1 Å². The lowest BCUT2D eigenvalue weighted by atomic mass is 10.0. The molecule has 9 heteroatoms. The molecule has 1 aliphatic rings. The van der Waals surface area contributed by atoms with E-state index < -0.39 is 11.7 Å². The molecule has 5 rings (SSSR count). The predicted octanol–water partition coefficient (Wildman–Crippen LogP) is 5.63. The Hall–Kier alpha value is -3.75. The maximum atomic E-state index is 13.5. The molecule has 0 saturated heterocycles. The zero-order valence-electron chi connectivity index (χ0n) is 16.3. The molecule has 0 spiro atoms. The summed E-state index contributed by atoms with van der Waals surface area (Å²) in [6, 6.07) is 13.0. The minimum Gasteiger partial charge on any atom is -0.336 e. The Labute approximate surface area is 174 Å². The third-order valence-electron chi connectivity index (χ3n) is 5.19. The van der Waals surface area contributed by atoms with E-state index >= 15 is 0 Å². The molecule has 1 N–H and O–H groups in total. The molecule has 0 radical (unpaired) electrons. The number of amidine groups is 1. The van der Waals surface area contributed by atoms with Gasteiger partial charge in [-0.05, 0) is 18.1 Å². The molecule has 0 amide bonds. The molecule has 0 bridgehead atoms. The lowest BCUT2D eigenvalue weighted by Crippen LogP contribution is -2.14. The van der Waals surface area contributed by atoms with Gasteiger partial charge in [0.25, 0.3) is 5.71 Å². The summed E-state index contributed by atoms with van der Waals surface area (Å²) in [5.74, 6) is 0.765. The number of hydrogen-bond donors (Lipinski definition) is 1. The first-order valence-corrected chi connectivity index (χ1v) is 9.69. The molecule has 0 aliphatic carbocycles. The number of hydrogen-bond acceptors (Lipinski definition) is 6. The van der Waals surface area contributed by atoms with E-state index in [9.17, 15) is 13.2 Å². The minimum atomic E-state index is -4.55. The fraction of sp³-hybridized carbons (Fsp3) is 0.182. The van der Waals surface area contributed by atoms with Crippen molar-refractivity contribution in [1.29, 1.82) is 0 Å². The summed E-state index contributed by atoms with van der Waals surface area (Å²) in [4.78, 5) is 13.3. The molecule has 4 aromatic rings. The molecule has 1 aliphatic heterocycles. The third-order valence-corrected chi connectivity index (χ3v) is 5.19. The highest BCUT2D eigenvalue weighted by Crippen LogP contribution is 2.37. The zero-order valence-corrected chi connectivity index (χ0v) is 16.3. The van der Waals surface area contributed by atoms with Crippen LogP contribution < -0.4 is 5.32 Å². The van der Waals surface area contributed by atoms with Gasteiger partial charge in [0.05, 0.1) is 17.8 Å². The Morgan fingerprint density at radius 2 is 1.74 bits per heavy atom. The number of nitrogens with one attached hydrogen (secondary N) is 1. The molecule has 2 aromatic carbocycles. The summed E-state index contributed by atoms with van der Waals surface area (Å²) in [5.41, 5.74) is 1.13. The standard InChI is InChI=1S/C22H16F3N5O/c1-2-17-12-7-3-4-8-13(12)18(27-17)28-20-15-11-26-31-21(15)30-19(29-20)14-9-5-6-10-16(14)22(23,24)25/h3-11,17H,2H2,1H3,(H,27,28,29,30). The SMILES string of the molecule is CCC1N=C(Nc2nc(-c3ccccc3C(F)(F)F)nc3oncc23)c2ccccc21. The van der Waals surface area contributed by atoms with Crippen LogP contribution in [0.1, 0.15) is 36.1 Å². The first kappa shape index (κ1) is 19.2. The monoisotopic (exact) mass is 423 g/mol. The highest BCUT2D eigenvalue weighted by atomic mass is 19.4. The van der Waals surface area contributed by atoms with Gasteiger partial charge in [0.15, 0.2) is 5.82 Å². The summed E-state index contributed by atoms with van der Waals surface area (Å²) in [6.45, 7) is 2.04. The first-order valence-electron chi connectivity index (χ1n) is 9.69. The number of nitrogens with zero attached hydrogens (tertiary/aromatic N) is 4. The number of anilines is 1. The van der Waals surface area contributed by atoms with Crippen LogP contribution >= 0.6 is 0 Å². The molecule has 31 heavy (non-hydrogen) atoms. The smallest absolute Gasteiger partial charge is 0.336 e. The number of rotatable bonds is 3. The van der Waals surface area contributed by atoms with Crippen LogP contribution in [0.15, 0.2) is 64.2 Å². The largest absolute Gasteiger partial charge is 0.417 e. The number of alkyl halides is 3. The van der Waals surface area contributed by atoms with Crippen LogP contribution in [0.2, 0.25) is 0 Å². The molecule has 0 saturated carbocycles. The number of halogens is 3. The van der Waals surface area contributed by atoms with E-state index in [2.05, 4.69) is 20.4 Å². The highest BCUT2D eigenvalue weighted by molar-refractivity contribution is 6.13. The summed E-state index contributed by atoms with van der Waals surface area (Å²) in [5, 5.41) is 7.37. The summed E-state index contributed by atoms with van der Waals surface area (Å²) in [6.07, 6.45) is -2.30. The second-order valence-electron chi connectivity index (χ2n) is 7.10. The van der Waals surface area contributed by atoms with Crippen LogP contribution in [-0.2, 0) is 6.18 Å². The van der Waals surface area contributed by atoms with Crippen molar-refractivity contribution in [2.75, 3.05) is 5.32 Å². The maximum Gasteiger partial charge on any atom is 0.417 e. The van der Waals surface area contributed by atoms with Crippen molar-refractivity contribution in [3.05, 3.63) is 71.4 Å². The van der Waals surface area contributed by atoms with Gasteiger partial charge in [0.2, 0.25) is 0 Å².